The molecule has 2 aromatic carbocycles. The van der Waals surface area contributed by atoms with Crippen molar-refractivity contribution >= 4 is 11.0 Å². The molecule has 0 aliphatic carbocycles. The molecular formula is C15H14N2. The van der Waals surface area contributed by atoms with Gasteiger partial charge in [0.25, 0.3) is 0 Å². The second-order valence-corrected chi connectivity index (χ2v) is 4.10. The van der Waals surface area contributed by atoms with Crippen molar-refractivity contribution in [1.29, 1.82) is 0 Å². The molecule has 0 fully saturated rings. The first kappa shape index (κ1) is 10.1. The zero-order valence-electron chi connectivity index (χ0n) is 9.80. The summed E-state index contributed by atoms with van der Waals surface area (Å²) in [5.74, 6) is 0. The summed E-state index contributed by atoms with van der Waals surface area (Å²) in [6.07, 6.45) is 1.90. The number of rotatable bonds is 2. The molecule has 0 atom stereocenters. The van der Waals surface area contributed by atoms with Crippen LogP contribution in [0.2, 0.25) is 0 Å². The van der Waals surface area contributed by atoms with E-state index in [9.17, 15) is 0 Å². The molecule has 0 saturated heterocycles. The molecule has 0 spiro atoms. The van der Waals surface area contributed by atoms with Crippen LogP contribution in [0.1, 0.15) is 6.92 Å². The summed E-state index contributed by atoms with van der Waals surface area (Å²) in [5.41, 5.74) is 4.72. The van der Waals surface area contributed by atoms with Crippen molar-refractivity contribution in [3.05, 3.63) is 54.9 Å². The number of aromatic nitrogens is 2. The minimum absolute atomic E-state index is 0.960. The van der Waals surface area contributed by atoms with Crippen LogP contribution in [-0.2, 0) is 6.54 Å². The quantitative estimate of drug-likeness (QED) is 0.646. The van der Waals surface area contributed by atoms with Crippen LogP contribution in [0.25, 0.3) is 22.2 Å². The third kappa shape index (κ3) is 1.72. The van der Waals surface area contributed by atoms with E-state index < -0.39 is 0 Å². The molecule has 0 bridgehead atoms. The lowest BCUT2D eigenvalue weighted by atomic mass is 10.1. The van der Waals surface area contributed by atoms with E-state index in [1.54, 1.807) is 0 Å². The molecule has 0 radical (unpaired) electrons. The van der Waals surface area contributed by atoms with Crippen molar-refractivity contribution in [2.45, 2.75) is 13.5 Å². The molecule has 2 heteroatoms. The summed E-state index contributed by atoms with van der Waals surface area (Å²) < 4.78 is 2.16. The smallest absolute Gasteiger partial charge is 0.0958 e. The predicted octanol–water partition coefficient (Wildman–Crippen LogP) is 3.72. The molecule has 0 amide bonds. The van der Waals surface area contributed by atoms with Crippen LogP contribution < -0.4 is 0 Å². The third-order valence-electron chi connectivity index (χ3n) is 3.07. The van der Waals surface area contributed by atoms with Crippen molar-refractivity contribution in [3.63, 3.8) is 0 Å². The Morgan fingerprint density at radius 3 is 2.59 bits per heavy atom. The molecule has 0 unspecified atom stereocenters. The maximum absolute atomic E-state index is 4.44. The molecular weight excluding hydrogens is 208 g/mol. The number of imidazole rings is 1. The van der Waals surface area contributed by atoms with Gasteiger partial charge in [0.15, 0.2) is 0 Å². The Hall–Kier alpha value is -2.09. The molecule has 0 aliphatic heterocycles. The molecule has 0 saturated carbocycles. The zero-order chi connectivity index (χ0) is 11.7. The Balaban J connectivity index is 2.15. The molecule has 3 aromatic rings. The van der Waals surface area contributed by atoms with Gasteiger partial charge < -0.3 is 4.57 Å². The van der Waals surface area contributed by atoms with Gasteiger partial charge >= 0.3 is 0 Å². The Bertz CT molecular complexity index is 638. The first-order valence-corrected chi connectivity index (χ1v) is 5.89. The van der Waals surface area contributed by atoms with Crippen LogP contribution in [0.15, 0.2) is 54.9 Å². The van der Waals surface area contributed by atoms with Crippen LogP contribution >= 0.6 is 0 Å². The number of nitrogens with zero attached hydrogens (tertiary/aromatic N) is 2. The zero-order valence-corrected chi connectivity index (χ0v) is 9.80. The highest BCUT2D eigenvalue weighted by Crippen LogP contribution is 2.23. The molecule has 0 N–H and O–H groups in total. The average Bonchev–Trinajstić information content (AvgIpc) is 2.81. The highest BCUT2D eigenvalue weighted by molar-refractivity contribution is 5.82. The Kier molecular flexibility index (Phi) is 2.41. The lowest BCUT2D eigenvalue weighted by Crippen LogP contribution is -1.90. The molecule has 3 rings (SSSR count). The van der Waals surface area contributed by atoms with Crippen LogP contribution in [0.3, 0.4) is 0 Å². The summed E-state index contributed by atoms with van der Waals surface area (Å²) in [4.78, 5) is 4.44. The third-order valence-corrected chi connectivity index (χ3v) is 3.07. The van der Waals surface area contributed by atoms with Gasteiger partial charge in [0.05, 0.1) is 17.4 Å². The topological polar surface area (TPSA) is 17.8 Å². The van der Waals surface area contributed by atoms with Crippen molar-refractivity contribution in [1.82, 2.24) is 9.55 Å². The van der Waals surface area contributed by atoms with Gasteiger partial charge in [0.1, 0.15) is 0 Å². The van der Waals surface area contributed by atoms with Crippen LogP contribution in [-0.4, -0.2) is 9.55 Å². The average molecular weight is 222 g/mol. The number of benzene rings is 2. The fourth-order valence-corrected chi connectivity index (χ4v) is 2.13. The molecule has 1 aromatic heterocycles. The minimum Gasteiger partial charge on any atom is -0.331 e. The maximum atomic E-state index is 4.44. The first-order valence-electron chi connectivity index (χ1n) is 5.89. The first-order chi connectivity index (χ1) is 8.38. The van der Waals surface area contributed by atoms with E-state index >= 15 is 0 Å². The highest BCUT2D eigenvalue weighted by Gasteiger charge is 2.03. The number of hydrogen-bond donors (Lipinski definition) is 0. The number of fused-ring (bicyclic) bond motifs is 1. The number of hydrogen-bond acceptors (Lipinski definition) is 1. The van der Waals surface area contributed by atoms with E-state index in [0.29, 0.717) is 0 Å². The lowest BCUT2D eigenvalue weighted by Gasteiger charge is -2.02. The Morgan fingerprint density at radius 2 is 1.82 bits per heavy atom. The maximum Gasteiger partial charge on any atom is 0.0958 e. The lowest BCUT2D eigenvalue weighted by molar-refractivity contribution is 0.787. The van der Waals surface area contributed by atoms with Gasteiger partial charge in [-0.25, -0.2) is 4.98 Å². The van der Waals surface area contributed by atoms with E-state index in [2.05, 4.69) is 58.9 Å². The Morgan fingerprint density at radius 1 is 1.00 bits per heavy atom. The van der Waals surface area contributed by atoms with E-state index in [1.165, 1.54) is 16.6 Å². The van der Waals surface area contributed by atoms with Crippen LogP contribution in [0, 0.1) is 0 Å². The van der Waals surface area contributed by atoms with E-state index in [4.69, 9.17) is 0 Å². The van der Waals surface area contributed by atoms with E-state index in [0.717, 1.165) is 12.1 Å². The van der Waals surface area contributed by atoms with Crippen molar-refractivity contribution in [2.75, 3.05) is 0 Å². The van der Waals surface area contributed by atoms with Crippen molar-refractivity contribution in [3.8, 4) is 11.1 Å². The second-order valence-electron chi connectivity index (χ2n) is 4.10. The van der Waals surface area contributed by atoms with Crippen LogP contribution in [0.5, 0.6) is 0 Å². The summed E-state index contributed by atoms with van der Waals surface area (Å²) >= 11 is 0. The SMILES string of the molecule is CCn1cnc2cc(-c3ccccc3)ccc21. The molecule has 1 heterocycles. The summed E-state index contributed by atoms with van der Waals surface area (Å²) in [6, 6.07) is 16.9. The largest absolute Gasteiger partial charge is 0.331 e. The summed E-state index contributed by atoms with van der Waals surface area (Å²) in [5, 5.41) is 0. The number of aryl methyl sites for hydroxylation is 1. The normalized spacial score (nSPS) is 10.9. The van der Waals surface area contributed by atoms with Gasteiger partial charge in [-0.1, -0.05) is 36.4 Å². The van der Waals surface area contributed by atoms with Gasteiger partial charge in [-0.2, -0.15) is 0 Å². The van der Waals surface area contributed by atoms with Gasteiger partial charge in [0, 0.05) is 6.54 Å². The standard InChI is InChI=1S/C15H14N2/c1-2-17-11-16-14-10-13(8-9-15(14)17)12-6-4-3-5-7-12/h3-11H,2H2,1H3. The van der Waals surface area contributed by atoms with Crippen LogP contribution in [0.4, 0.5) is 0 Å². The Labute approximate surface area is 101 Å². The predicted molar refractivity (Wildman–Crippen MR) is 70.8 cm³/mol. The van der Waals surface area contributed by atoms with Gasteiger partial charge in [-0.15, -0.1) is 0 Å². The fourth-order valence-electron chi connectivity index (χ4n) is 2.13. The molecule has 17 heavy (non-hydrogen) atoms. The summed E-state index contributed by atoms with van der Waals surface area (Å²) in [7, 11) is 0. The van der Waals surface area contributed by atoms with E-state index in [-0.39, 0.29) is 0 Å². The van der Waals surface area contributed by atoms with Gasteiger partial charge in [0.2, 0.25) is 0 Å². The second kappa shape index (κ2) is 4.06. The fraction of sp³-hybridized carbons (Fsp3) is 0.133. The minimum atomic E-state index is 0.960. The van der Waals surface area contributed by atoms with Crippen molar-refractivity contribution in [2.24, 2.45) is 0 Å². The van der Waals surface area contributed by atoms with E-state index in [1.807, 2.05) is 12.4 Å². The summed E-state index contributed by atoms with van der Waals surface area (Å²) in [6.45, 7) is 3.09. The van der Waals surface area contributed by atoms with Gasteiger partial charge in [-0.05, 0) is 30.2 Å². The van der Waals surface area contributed by atoms with Crippen molar-refractivity contribution < 1.29 is 0 Å². The molecule has 84 valence electrons. The van der Waals surface area contributed by atoms with Gasteiger partial charge in [-0.3, -0.25) is 0 Å². The highest BCUT2D eigenvalue weighted by atomic mass is 15.0. The molecule has 0 aliphatic rings. The molecule has 2 nitrogen and oxygen atoms in total. The monoisotopic (exact) mass is 222 g/mol.